The van der Waals surface area contributed by atoms with Crippen molar-refractivity contribution in [1.29, 1.82) is 0 Å². The van der Waals surface area contributed by atoms with Gasteiger partial charge >= 0.3 is 0 Å². The van der Waals surface area contributed by atoms with Crippen LogP contribution in [0.3, 0.4) is 0 Å². The number of aromatic nitrogens is 2. The molecule has 0 aliphatic rings. The number of H-pyrrole nitrogens is 1. The van der Waals surface area contributed by atoms with E-state index in [9.17, 15) is 4.79 Å². The van der Waals surface area contributed by atoms with Gasteiger partial charge in [-0.3, -0.25) is 9.89 Å². The minimum Gasteiger partial charge on any atom is -0.340 e. The smallest absolute Gasteiger partial charge is 0.255 e. The number of hydrogen-bond donors (Lipinski definition) is 2. The van der Waals surface area contributed by atoms with E-state index in [4.69, 9.17) is 0 Å². The summed E-state index contributed by atoms with van der Waals surface area (Å²) >= 11 is 0. The summed E-state index contributed by atoms with van der Waals surface area (Å²) in [5.74, 6) is 0.00935. The van der Waals surface area contributed by atoms with Gasteiger partial charge in [-0.1, -0.05) is 12.1 Å². The molecule has 2 rings (SSSR count). The quantitative estimate of drug-likeness (QED) is 0.878. The van der Waals surface area contributed by atoms with E-state index in [0.29, 0.717) is 12.1 Å². The molecule has 2 aromatic rings. The van der Waals surface area contributed by atoms with Gasteiger partial charge in [0.15, 0.2) is 0 Å². The largest absolute Gasteiger partial charge is 0.340 e. The maximum Gasteiger partial charge on any atom is 0.255 e. The molecular weight excluding hydrogens is 252 g/mol. The highest BCUT2D eigenvalue weighted by Crippen LogP contribution is 2.16. The summed E-state index contributed by atoms with van der Waals surface area (Å²) in [6.07, 6.45) is 1.72. The highest BCUT2D eigenvalue weighted by Gasteiger charge is 2.14. The van der Waals surface area contributed by atoms with Crippen LogP contribution in [0.5, 0.6) is 0 Å². The molecule has 0 saturated carbocycles. The van der Waals surface area contributed by atoms with Crippen LogP contribution in [0.25, 0.3) is 10.9 Å². The topological polar surface area (TPSA) is 61.0 Å². The molecule has 0 radical (unpaired) electrons. The number of fused-ring (bicyclic) bond motifs is 1. The van der Waals surface area contributed by atoms with Crippen LogP contribution in [-0.2, 0) is 0 Å². The number of likely N-dealkylation sites (N-methyl/N-ethyl adjacent to an activating group) is 2. The predicted molar refractivity (Wildman–Crippen MR) is 74.2 cm³/mol. The summed E-state index contributed by atoms with van der Waals surface area (Å²) in [4.78, 5) is 13.9. The lowest BCUT2D eigenvalue weighted by Crippen LogP contribution is -2.32. The van der Waals surface area contributed by atoms with Gasteiger partial charge in [0.25, 0.3) is 5.91 Å². The second kappa shape index (κ2) is 6.37. The van der Waals surface area contributed by atoms with Crippen molar-refractivity contribution >= 4 is 29.2 Å². The molecule has 0 fully saturated rings. The minimum atomic E-state index is 0. The first-order chi connectivity index (χ1) is 8.24. The van der Waals surface area contributed by atoms with E-state index in [1.165, 1.54) is 0 Å². The molecular formula is C12H17ClN4O. The zero-order valence-electron chi connectivity index (χ0n) is 10.4. The van der Waals surface area contributed by atoms with Crippen LogP contribution >= 0.6 is 12.4 Å². The van der Waals surface area contributed by atoms with Crippen molar-refractivity contribution in [3.63, 3.8) is 0 Å². The average Bonchev–Trinajstić information content (AvgIpc) is 2.82. The van der Waals surface area contributed by atoms with Crippen LogP contribution in [0.2, 0.25) is 0 Å². The number of halogens is 1. The Labute approximate surface area is 112 Å². The fourth-order valence-corrected chi connectivity index (χ4v) is 1.73. The van der Waals surface area contributed by atoms with Gasteiger partial charge < -0.3 is 10.2 Å². The molecule has 6 heteroatoms. The van der Waals surface area contributed by atoms with Crippen molar-refractivity contribution in [3.05, 3.63) is 30.0 Å². The molecule has 98 valence electrons. The summed E-state index contributed by atoms with van der Waals surface area (Å²) in [6.45, 7) is 1.46. The molecule has 0 atom stereocenters. The van der Waals surface area contributed by atoms with E-state index in [1.807, 2.05) is 25.2 Å². The van der Waals surface area contributed by atoms with E-state index in [2.05, 4.69) is 15.5 Å². The van der Waals surface area contributed by atoms with Gasteiger partial charge in [0.05, 0.1) is 17.3 Å². The van der Waals surface area contributed by atoms with Crippen LogP contribution in [0, 0.1) is 0 Å². The summed E-state index contributed by atoms with van der Waals surface area (Å²) in [5.41, 5.74) is 1.47. The first-order valence-electron chi connectivity index (χ1n) is 5.56. The normalized spacial score (nSPS) is 10.1. The molecule has 1 aromatic carbocycles. The Hall–Kier alpha value is -1.59. The molecule has 0 unspecified atom stereocenters. The molecule has 1 amide bonds. The number of rotatable bonds is 4. The molecule has 2 N–H and O–H groups in total. The highest BCUT2D eigenvalue weighted by molar-refractivity contribution is 6.05. The molecule has 18 heavy (non-hydrogen) atoms. The van der Waals surface area contributed by atoms with Gasteiger partial charge in [-0.25, -0.2) is 0 Å². The Morgan fingerprint density at radius 1 is 1.50 bits per heavy atom. The second-order valence-electron chi connectivity index (χ2n) is 3.97. The highest BCUT2D eigenvalue weighted by atomic mass is 35.5. The molecule has 0 spiro atoms. The van der Waals surface area contributed by atoms with E-state index in [-0.39, 0.29) is 18.3 Å². The maximum atomic E-state index is 12.2. The number of carbonyl (C=O) groups excluding carboxylic acids is 1. The first-order valence-corrected chi connectivity index (χ1v) is 5.56. The van der Waals surface area contributed by atoms with E-state index in [0.717, 1.165) is 17.4 Å². The molecule has 0 aliphatic carbocycles. The monoisotopic (exact) mass is 268 g/mol. The Balaban J connectivity index is 0.00000162. The number of para-hydroxylation sites is 1. The third kappa shape index (κ3) is 2.80. The van der Waals surface area contributed by atoms with Crippen molar-refractivity contribution in [2.45, 2.75) is 0 Å². The van der Waals surface area contributed by atoms with Gasteiger partial charge in [0.1, 0.15) is 0 Å². The number of amides is 1. The lowest BCUT2D eigenvalue weighted by Gasteiger charge is -2.17. The van der Waals surface area contributed by atoms with Crippen LogP contribution in [0.1, 0.15) is 10.4 Å². The van der Waals surface area contributed by atoms with Crippen LogP contribution in [-0.4, -0.2) is 48.2 Å². The number of carbonyl (C=O) groups is 1. The Morgan fingerprint density at radius 2 is 2.28 bits per heavy atom. The minimum absolute atomic E-state index is 0. The van der Waals surface area contributed by atoms with Gasteiger partial charge in [-0.15, -0.1) is 12.4 Å². The number of benzene rings is 1. The summed E-state index contributed by atoms with van der Waals surface area (Å²) in [5, 5.41) is 10.8. The van der Waals surface area contributed by atoms with Crippen LogP contribution in [0.4, 0.5) is 0 Å². The van der Waals surface area contributed by atoms with Crippen LogP contribution < -0.4 is 5.32 Å². The summed E-state index contributed by atoms with van der Waals surface area (Å²) < 4.78 is 0. The first kappa shape index (κ1) is 14.5. The number of nitrogens with one attached hydrogen (secondary N) is 2. The van der Waals surface area contributed by atoms with Gasteiger partial charge in [0, 0.05) is 25.5 Å². The molecule has 5 nitrogen and oxygen atoms in total. The second-order valence-corrected chi connectivity index (χ2v) is 3.97. The third-order valence-electron chi connectivity index (χ3n) is 2.75. The summed E-state index contributed by atoms with van der Waals surface area (Å²) in [6, 6.07) is 5.62. The standard InChI is InChI=1S/C12H16N4O.ClH/c1-13-6-7-16(2)12(17)10-5-3-4-9-8-14-15-11(9)10;/h3-5,8,13H,6-7H2,1-2H3,(H,14,15);1H. The SMILES string of the molecule is CNCCN(C)C(=O)c1cccc2cn[nH]c12.Cl. The van der Waals surface area contributed by atoms with E-state index < -0.39 is 0 Å². The Morgan fingerprint density at radius 3 is 3.00 bits per heavy atom. The van der Waals surface area contributed by atoms with E-state index >= 15 is 0 Å². The third-order valence-corrected chi connectivity index (χ3v) is 2.75. The molecule has 0 aliphatic heterocycles. The van der Waals surface area contributed by atoms with Gasteiger partial charge in [-0.2, -0.15) is 5.10 Å². The zero-order valence-corrected chi connectivity index (χ0v) is 11.3. The van der Waals surface area contributed by atoms with Crippen molar-refractivity contribution in [2.24, 2.45) is 0 Å². The maximum absolute atomic E-state index is 12.2. The number of aromatic amines is 1. The lowest BCUT2D eigenvalue weighted by molar-refractivity contribution is 0.0798. The van der Waals surface area contributed by atoms with Crippen molar-refractivity contribution < 1.29 is 4.79 Å². The summed E-state index contributed by atoms with van der Waals surface area (Å²) in [7, 11) is 3.67. The zero-order chi connectivity index (χ0) is 12.3. The molecule has 0 bridgehead atoms. The Kier molecular flexibility index (Phi) is 5.12. The average molecular weight is 269 g/mol. The predicted octanol–water partition coefficient (Wildman–Crippen LogP) is 1.28. The molecule has 0 saturated heterocycles. The molecule has 1 heterocycles. The number of nitrogens with zero attached hydrogens (tertiary/aromatic N) is 2. The fraction of sp³-hybridized carbons (Fsp3) is 0.333. The lowest BCUT2D eigenvalue weighted by atomic mass is 10.1. The molecule has 1 aromatic heterocycles. The Bertz CT molecular complexity index is 526. The van der Waals surface area contributed by atoms with Crippen molar-refractivity contribution in [1.82, 2.24) is 20.4 Å². The van der Waals surface area contributed by atoms with Gasteiger partial charge in [0.2, 0.25) is 0 Å². The van der Waals surface area contributed by atoms with Crippen molar-refractivity contribution in [3.8, 4) is 0 Å². The van der Waals surface area contributed by atoms with Crippen LogP contribution in [0.15, 0.2) is 24.4 Å². The van der Waals surface area contributed by atoms with Gasteiger partial charge in [-0.05, 0) is 13.1 Å². The number of hydrogen-bond acceptors (Lipinski definition) is 3. The van der Waals surface area contributed by atoms with Crippen molar-refractivity contribution in [2.75, 3.05) is 27.2 Å². The van der Waals surface area contributed by atoms with E-state index in [1.54, 1.807) is 18.1 Å². The fourth-order valence-electron chi connectivity index (χ4n) is 1.73.